The van der Waals surface area contributed by atoms with Gasteiger partial charge in [0.05, 0.1) is 17.9 Å². The molecule has 0 radical (unpaired) electrons. The summed E-state index contributed by atoms with van der Waals surface area (Å²) in [6.45, 7) is 0. The molecule has 0 saturated heterocycles. The van der Waals surface area contributed by atoms with E-state index in [1.165, 1.54) is 18.2 Å². The van der Waals surface area contributed by atoms with Gasteiger partial charge in [0, 0.05) is 16.0 Å². The number of rotatable bonds is 6. The maximum atomic E-state index is 9.54. The zero-order valence-electron chi connectivity index (χ0n) is 11.2. The van der Waals surface area contributed by atoms with Crippen molar-refractivity contribution in [3.63, 3.8) is 0 Å². The molecule has 0 aliphatic carbocycles. The fourth-order valence-corrected chi connectivity index (χ4v) is 0.983. The third kappa shape index (κ3) is 50.2. The zero-order chi connectivity index (χ0) is 17.1. The van der Waals surface area contributed by atoms with E-state index in [1.807, 2.05) is 0 Å². The van der Waals surface area contributed by atoms with Gasteiger partial charge < -0.3 is 29.7 Å². The average molecular weight is 607 g/mol. The Bertz CT molecular complexity index is 326. The van der Waals surface area contributed by atoms with Gasteiger partial charge >= 0.3 is 25.8 Å². The first-order valence-corrected chi connectivity index (χ1v) is 8.48. The van der Waals surface area contributed by atoms with Crippen LogP contribution in [0.2, 0.25) is 0 Å². The van der Waals surface area contributed by atoms with Crippen LogP contribution < -0.4 is 15.3 Å². The molecule has 0 aliphatic rings. The summed E-state index contributed by atoms with van der Waals surface area (Å²) in [4.78, 5) is 28.6. The van der Waals surface area contributed by atoms with E-state index < -0.39 is 17.9 Å². The molecule has 0 aliphatic heterocycles. The Morgan fingerprint density at radius 2 is 0.818 bits per heavy atom. The van der Waals surface area contributed by atoms with Crippen molar-refractivity contribution >= 4 is 91.5 Å². The Kier molecular flexibility index (Phi) is 35.1. The molecular weight excluding hydrogens is 595 g/mol. The van der Waals surface area contributed by atoms with Crippen LogP contribution in [0.1, 0.15) is 0 Å². The summed E-state index contributed by atoms with van der Waals surface area (Å²) >= 11 is 9.00. The number of hydrogen-bond donors (Lipinski definition) is 0. The van der Waals surface area contributed by atoms with Crippen molar-refractivity contribution < 1.29 is 29.7 Å². The standard InChI is InChI=1S/3C4H5BrO2.In/c3*5-3-1-2-4(6)7;/h3*1-2H,3H2,(H,6,7);/q;;;+3/p-3/b3*2-1+;. The molecule has 120 valence electrons. The van der Waals surface area contributed by atoms with Crippen LogP contribution in [0, 0.1) is 0 Å². The number of carboxylic acid groups (broad SMARTS) is 3. The normalized spacial score (nSPS) is 9.41. The van der Waals surface area contributed by atoms with Gasteiger partial charge in [-0.3, -0.25) is 0 Å². The van der Waals surface area contributed by atoms with E-state index in [2.05, 4.69) is 47.8 Å². The molecule has 0 rings (SSSR count). The average Bonchev–Trinajstić information content (AvgIpc) is 2.41. The van der Waals surface area contributed by atoms with E-state index in [9.17, 15) is 29.7 Å². The molecule has 0 heterocycles. The summed E-state index contributed by atoms with van der Waals surface area (Å²) in [7, 11) is 0. The first-order valence-electron chi connectivity index (χ1n) is 5.12. The third-order valence-electron chi connectivity index (χ3n) is 1.03. The molecule has 0 fully saturated rings. The largest absolute Gasteiger partial charge is 3.00 e. The summed E-state index contributed by atoms with van der Waals surface area (Å²) in [6.07, 6.45) is 7.30. The van der Waals surface area contributed by atoms with Crippen molar-refractivity contribution in [3.05, 3.63) is 36.5 Å². The number of hydrogen-bond acceptors (Lipinski definition) is 6. The van der Waals surface area contributed by atoms with Crippen LogP contribution in [-0.2, 0) is 14.4 Å². The number of allylic oxidation sites excluding steroid dienone is 3. The SMILES string of the molecule is O=C([O-])/C=C/CBr.O=C([O-])/C=C/CBr.O=C([O-])/C=C/CBr.[In+3]. The number of halogens is 3. The monoisotopic (exact) mass is 604 g/mol. The van der Waals surface area contributed by atoms with Gasteiger partial charge in [-0.05, 0) is 18.2 Å². The second-order valence-electron chi connectivity index (χ2n) is 2.63. The van der Waals surface area contributed by atoms with E-state index in [0.29, 0.717) is 16.0 Å². The third-order valence-corrected chi connectivity index (χ3v) is 2.15. The minimum absolute atomic E-state index is 0. The second-order valence-corrected chi connectivity index (χ2v) is 4.57. The van der Waals surface area contributed by atoms with Gasteiger partial charge in [-0.2, -0.15) is 0 Å². The first kappa shape index (κ1) is 29.9. The summed E-state index contributed by atoms with van der Waals surface area (Å²) in [5.74, 6) is -3.46. The molecule has 0 spiro atoms. The molecular formula is C12H12Br3InO6. The number of carbonyl (C=O) groups excluding carboxylic acids is 3. The van der Waals surface area contributed by atoms with Gasteiger partial charge in [0.25, 0.3) is 0 Å². The van der Waals surface area contributed by atoms with Crippen molar-refractivity contribution in [3.8, 4) is 0 Å². The molecule has 22 heavy (non-hydrogen) atoms. The van der Waals surface area contributed by atoms with Gasteiger partial charge in [-0.25, -0.2) is 0 Å². The van der Waals surface area contributed by atoms with E-state index in [0.717, 1.165) is 18.2 Å². The molecule has 0 aromatic carbocycles. The maximum Gasteiger partial charge on any atom is 3.00 e. The minimum Gasteiger partial charge on any atom is -0.545 e. The van der Waals surface area contributed by atoms with Crippen molar-refractivity contribution in [1.29, 1.82) is 0 Å². The van der Waals surface area contributed by atoms with Gasteiger partial charge in [0.2, 0.25) is 0 Å². The van der Waals surface area contributed by atoms with Gasteiger partial charge in [0.15, 0.2) is 0 Å². The Morgan fingerprint density at radius 1 is 0.636 bits per heavy atom. The van der Waals surface area contributed by atoms with Crippen LogP contribution in [-0.4, -0.2) is 59.7 Å². The van der Waals surface area contributed by atoms with Crippen molar-refractivity contribution in [1.82, 2.24) is 0 Å². The minimum atomic E-state index is -1.15. The van der Waals surface area contributed by atoms with E-state index in [1.54, 1.807) is 0 Å². The smallest absolute Gasteiger partial charge is 0.545 e. The van der Waals surface area contributed by atoms with E-state index in [4.69, 9.17) is 0 Å². The molecule has 0 aromatic rings. The Morgan fingerprint density at radius 3 is 0.864 bits per heavy atom. The molecule has 0 atom stereocenters. The Hall–Kier alpha value is -0.0599. The van der Waals surface area contributed by atoms with Crippen LogP contribution in [0.3, 0.4) is 0 Å². The molecule has 0 bridgehead atoms. The van der Waals surface area contributed by atoms with Gasteiger partial charge in [-0.1, -0.05) is 66.0 Å². The van der Waals surface area contributed by atoms with Crippen LogP contribution in [0.5, 0.6) is 0 Å². The molecule has 0 unspecified atom stereocenters. The van der Waals surface area contributed by atoms with Crippen LogP contribution in [0.25, 0.3) is 0 Å². The summed E-state index contributed by atoms with van der Waals surface area (Å²) in [6, 6.07) is 0. The van der Waals surface area contributed by atoms with E-state index in [-0.39, 0.29) is 25.8 Å². The summed E-state index contributed by atoms with van der Waals surface area (Å²) in [5, 5.41) is 30.3. The summed E-state index contributed by atoms with van der Waals surface area (Å²) in [5.41, 5.74) is 0. The topological polar surface area (TPSA) is 120 Å². The quantitative estimate of drug-likeness (QED) is 0.273. The van der Waals surface area contributed by atoms with Crippen molar-refractivity contribution in [2.45, 2.75) is 0 Å². The molecule has 0 amide bonds. The second kappa shape index (κ2) is 25.9. The van der Waals surface area contributed by atoms with Crippen LogP contribution in [0.4, 0.5) is 0 Å². The number of carbonyl (C=O) groups is 3. The molecule has 10 heteroatoms. The summed E-state index contributed by atoms with van der Waals surface area (Å²) < 4.78 is 0. The number of alkyl halides is 3. The molecule has 0 aromatic heterocycles. The van der Waals surface area contributed by atoms with Gasteiger partial charge in [0.1, 0.15) is 0 Å². The maximum absolute atomic E-state index is 9.54. The predicted molar refractivity (Wildman–Crippen MR) is 89.6 cm³/mol. The van der Waals surface area contributed by atoms with Crippen molar-refractivity contribution in [2.75, 3.05) is 16.0 Å². The van der Waals surface area contributed by atoms with E-state index >= 15 is 0 Å². The zero-order valence-corrected chi connectivity index (χ0v) is 19.3. The fourth-order valence-electron chi connectivity index (χ4n) is 0.422. The first-order chi connectivity index (χ1) is 9.81. The number of carboxylic acids is 3. The van der Waals surface area contributed by atoms with Gasteiger partial charge in [-0.15, -0.1) is 0 Å². The molecule has 0 saturated carbocycles. The molecule has 6 nitrogen and oxygen atoms in total. The van der Waals surface area contributed by atoms with Crippen LogP contribution >= 0.6 is 47.8 Å². The van der Waals surface area contributed by atoms with Crippen molar-refractivity contribution in [2.24, 2.45) is 0 Å². The Balaban J connectivity index is -0.000000108. The molecule has 0 N–H and O–H groups in total. The number of aliphatic carboxylic acids is 3. The van der Waals surface area contributed by atoms with Crippen LogP contribution in [0.15, 0.2) is 36.5 Å². The fraction of sp³-hybridized carbons (Fsp3) is 0.250. The predicted octanol–water partition coefficient (Wildman–Crippen LogP) is -1.32. The Labute approximate surface area is 172 Å².